The number of hydrogen-bond acceptors (Lipinski definition) is 5. The molecule has 0 aliphatic carbocycles. The molecule has 2 aromatic carbocycles. The van der Waals surface area contributed by atoms with Crippen molar-refractivity contribution in [2.45, 2.75) is 37.8 Å². The highest BCUT2D eigenvalue weighted by Crippen LogP contribution is 2.26. The molecule has 0 bridgehead atoms. The third kappa shape index (κ3) is 5.23. The molecule has 0 aliphatic rings. The van der Waals surface area contributed by atoms with E-state index >= 15 is 0 Å². The number of nitrogens with one attached hydrogen (secondary N) is 1. The molecule has 2 heterocycles. The summed E-state index contributed by atoms with van der Waals surface area (Å²) in [6.45, 7) is 5.46. The first kappa shape index (κ1) is 21.8. The van der Waals surface area contributed by atoms with Gasteiger partial charge in [0, 0.05) is 42.4 Å². The minimum atomic E-state index is -0.0884. The standard InChI is InChI=1S/C25H25N5OS/c1-3-30-23(21-8-4-18(2)5-9-21)28-29-25(30)32-17-20-6-10-22(11-7-20)24(31)27-16-19-12-14-26-15-13-19/h4-15H,3,16-17H2,1-2H3,(H,27,31). The Morgan fingerprint density at radius 2 is 1.66 bits per heavy atom. The Morgan fingerprint density at radius 3 is 2.34 bits per heavy atom. The summed E-state index contributed by atoms with van der Waals surface area (Å²) in [5.41, 5.74) is 5.08. The third-order valence-corrected chi connectivity index (χ3v) is 6.17. The largest absolute Gasteiger partial charge is 0.348 e. The van der Waals surface area contributed by atoms with Gasteiger partial charge in [0.1, 0.15) is 0 Å². The van der Waals surface area contributed by atoms with E-state index in [0.717, 1.165) is 40.0 Å². The van der Waals surface area contributed by atoms with E-state index in [2.05, 4.69) is 63.2 Å². The van der Waals surface area contributed by atoms with Gasteiger partial charge in [0.15, 0.2) is 11.0 Å². The van der Waals surface area contributed by atoms with Gasteiger partial charge >= 0.3 is 0 Å². The summed E-state index contributed by atoms with van der Waals surface area (Å²) >= 11 is 1.65. The molecule has 2 aromatic heterocycles. The smallest absolute Gasteiger partial charge is 0.251 e. The fourth-order valence-corrected chi connectivity index (χ4v) is 4.24. The highest BCUT2D eigenvalue weighted by atomic mass is 32.2. The molecule has 0 saturated carbocycles. The van der Waals surface area contributed by atoms with Crippen molar-refractivity contribution < 1.29 is 4.79 Å². The van der Waals surface area contributed by atoms with Crippen molar-refractivity contribution in [3.63, 3.8) is 0 Å². The number of benzene rings is 2. The monoisotopic (exact) mass is 443 g/mol. The van der Waals surface area contributed by atoms with Crippen molar-refractivity contribution >= 4 is 17.7 Å². The second kappa shape index (κ2) is 10.2. The molecule has 4 rings (SSSR count). The Morgan fingerprint density at radius 1 is 0.938 bits per heavy atom. The van der Waals surface area contributed by atoms with Crippen LogP contribution in [0.4, 0.5) is 0 Å². The van der Waals surface area contributed by atoms with E-state index in [0.29, 0.717) is 12.1 Å². The van der Waals surface area contributed by atoms with Crippen LogP contribution >= 0.6 is 11.8 Å². The molecule has 0 spiro atoms. The summed E-state index contributed by atoms with van der Waals surface area (Å²) in [7, 11) is 0. The molecule has 0 fully saturated rings. The van der Waals surface area contributed by atoms with Crippen LogP contribution in [0, 0.1) is 6.92 Å². The van der Waals surface area contributed by atoms with E-state index in [9.17, 15) is 4.79 Å². The lowest BCUT2D eigenvalue weighted by Crippen LogP contribution is -2.22. The predicted molar refractivity (Wildman–Crippen MR) is 127 cm³/mol. The van der Waals surface area contributed by atoms with Crippen LogP contribution < -0.4 is 5.32 Å². The quantitative estimate of drug-likeness (QED) is 0.393. The minimum absolute atomic E-state index is 0.0884. The van der Waals surface area contributed by atoms with E-state index in [1.165, 1.54) is 5.56 Å². The Labute approximate surface area is 192 Å². The van der Waals surface area contributed by atoms with Crippen molar-refractivity contribution in [1.29, 1.82) is 0 Å². The van der Waals surface area contributed by atoms with Crippen LogP contribution in [-0.4, -0.2) is 25.7 Å². The van der Waals surface area contributed by atoms with Crippen molar-refractivity contribution in [2.24, 2.45) is 0 Å². The first-order valence-corrected chi connectivity index (χ1v) is 11.5. The highest BCUT2D eigenvalue weighted by molar-refractivity contribution is 7.98. The molecule has 0 unspecified atom stereocenters. The Kier molecular flexibility index (Phi) is 6.97. The second-order valence-corrected chi connectivity index (χ2v) is 8.38. The maximum absolute atomic E-state index is 12.4. The molecule has 0 aliphatic heterocycles. The number of aryl methyl sites for hydroxylation is 1. The summed E-state index contributed by atoms with van der Waals surface area (Å²) in [5.74, 6) is 1.55. The maximum atomic E-state index is 12.4. The molecular formula is C25H25N5OS. The van der Waals surface area contributed by atoms with Crippen LogP contribution in [0.15, 0.2) is 78.2 Å². The van der Waals surface area contributed by atoms with Crippen molar-refractivity contribution in [3.8, 4) is 11.4 Å². The number of carbonyl (C=O) groups is 1. The molecule has 162 valence electrons. The van der Waals surface area contributed by atoms with Gasteiger partial charge < -0.3 is 9.88 Å². The Hall–Kier alpha value is -3.45. The van der Waals surface area contributed by atoms with Gasteiger partial charge in [-0.15, -0.1) is 10.2 Å². The summed E-state index contributed by atoms with van der Waals surface area (Å²) in [6.07, 6.45) is 3.44. The molecule has 6 nitrogen and oxygen atoms in total. The number of nitrogens with zero attached hydrogens (tertiary/aromatic N) is 4. The number of rotatable bonds is 8. The zero-order valence-electron chi connectivity index (χ0n) is 18.2. The molecule has 1 amide bonds. The lowest BCUT2D eigenvalue weighted by molar-refractivity contribution is 0.0951. The summed E-state index contributed by atoms with van der Waals surface area (Å²) in [5, 5.41) is 12.7. The van der Waals surface area contributed by atoms with Gasteiger partial charge in [0.25, 0.3) is 5.91 Å². The molecule has 0 saturated heterocycles. The zero-order valence-corrected chi connectivity index (χ0v) is 19.0. The van der Waals surface area contributed by atoms with E-state index in [1.54, 1.807) is 24.2 Å². The van der Waals surface area contributed by atoms with Crippen molar-refractivity contribution in [2.75, 3.05) is 0 Å². The van der Waals surface area contributed by atoms with Crippen LogP contribution in [0.1, 0.15) is 34.0 Å². The molecule has 0 atom stereocenters. The van der Waals surface area contributed by atoms with Gasteiger partial charge in [-0.25, -0.2) is 0 Å². The van der Waals surface area contributed by atoms with Gasteiger partial charge in [-0.3, -0.25) is 9.78 Å². The Balaban J connectivity index is 1.37. The maximum Gasteiger partial charge on any atom is 0.251 e. The first-order valence-electron chi connectivity index (χ1n) is 10.5. The van der Waals surface area contributed by atoms with E-state index in [-0.39, 0.29) is 5.91 Å². The molecule has 1 N–H and O–H groups in total. The van der Waals surface area contributed by atoms with Gasteiger partial charge in [-0.1, -0.05) is 53.7 Å². The van der Waals surface area contributed by atoms with Crippen LogP contribution in [0.3, 0.4) is 0 Å². The van der Waals surface area contributed by atoms with Crippen LogP contribution in [0.25, 0.3) is 11.4 Å². The molecule has 0 radical (unpaired) electrons. The molecule has 32 heavy (non-hydrogen) atoms. The van der Waals surface area contributed by atoms with Gasteiger partial charge in [0.2, 0.25) is 0 Å². The molecule has 4 aromatic rings. The number of hydrogen-bond donors (Lipinski definition) is 1. The third-order valence-electron chi connectivity index (χ3n) is 5.13. The van der Waals surface area contributed by atoms with Gasteiger partial charge in [-0.2, -0.15) is 0 Å². The topological polar surface area (TPSA) is 72.7 Å². The minimum Gasteiger partial charge on any atom is -0.348 e. The average Bonchev–Trinajstić information content (AvgIpc) is 3.25. The van der Waals surface area contributed by atoms with Crippen LogP contribution in [0.2, 0.25) is 0 Å². The van der Waals surface area contributed by atoms with Crippen LogP contribution in [-0.2, 0) is 18.8 Å². The number of aromatic nitrogens is 4. The lowest BCUT2D eigenvalue weighted by Gasteiger charge is -2.08. The number of pyridine rings is 1. The fourth-order valence-electron chi connectivity index (χ4n) is 3.28. The number of amides is 1. The van der Waals surface area contributed by atoms with Crippen LogP contribution in [0.5, 0.6) is 0 Å². The van der Waals surface area contributed by atoms with E-state index in [1.807, 2.05) is 36.4 Å². The Bertz CT molecular complexity index is 1170. The predicted octanol–water partition coefficient (Wildman–Crippen LogP) is 4.89. The van der Waals surface area contributed by atoms with Gasteiger partial charge in [0.05, 0.1) is 0 Å². The van der Waals surface area contributed by atoms with E-state index in [4.69, 9.17) is 0 Å². The zero-order chi connectivity index (χ0) is 22.3. The highest BCUT2D eigenvalue weighted by Gasteiger charge is 2.13. The summed E-state index contributed by atoms with van der Waals surface area (Å²) < 4.78 is 2.14. The van der Waals surface area contributed by atoms with Crippen molar-refractivity contribution in [3.05, 3.63) is 95.3 Å². The van der Waals surface area contributed by atoms with Crippen molar-refractivity contribution in [1.82, 2.24) is 25.1 Å². The second-order valence-electron chi connectivity index (χ2n) is 7.44. The fraction of sp³-hybridized carbons (Fsp3) is 0.200. The van der Waals surface area contributed by atoms with Gasteiger partial charge in [-0.05, 0) is 49.2 Å². The summed E-state index contributed by atoms with van der Waals surface area (Å²) in [6, 6.07) is 19.8. The molecular weight excluding hydrogens is 418 g/mol. The average molecular weight is 444 g/mol. The first-order chi connectivity index (χ1) is 15.6. The number of carbonyl (C=O) groups excluding carboxylic acids is 1. The normalized spacial score (nSPS) is 10.8. The number of thioether (sulfide) groups is 1. The lowest BCUT2D eigenvalue weighted by atomic mass is 10.1. The van der Waals surface area contributed by atoms with E-state index < -0.39 is 0 Å². The molecule has 7 heteroatoms. The summed E-state index contributed by atoms with van der Waals surface area (Å²) in [4.78, 5) is 16.4. The SMILES string of the molecule is CCn1c(SCc2ccc(C(=O)NCc3ccncc3)cc2)nnc1-c1ccc(C)cc1.